The molecule has 1 amide bonds. The lowest BCUT2D eigenvalue weighted by atomic mass is 9.73. The van der Waals surface area contributed by atoms with Gasteiger partial charge >= 0.3 is 5.97 Å². The van der Waals surface area contributed by atoms with Crippen LogP contribution in [0.5, 0.6) is 0 Å². The summed E-state index contributed by atoms with van der Waals surface area (Å²) in [7, 11) is 0. The van der Waals surface area contributed by atoms with Crippen molar-refractivity contribution in [1.82, 2.24) is 10.2 Å². The molecule has 5 nitrogen and oxygen atoms in total. The van der Waals surface area contributed by atoms with Gasteiger partial charge in [0.1, 0.15) is 6.61 Å². The van der Waals surface area contributed by atoms with Crippen molar-refractivity contribution in [2.75, 3.05) is 6.61 Å². The van der Waals surface area contributed by atoms with Crippen LogP contribution in [0.1, 0.15) is 46.0 Å². The highest BCUT2D eigenvalue weighted by molar-refractivity contribution is 5.94. The molecule has 2 bridgehead atoms. The Morgan fingerprint density at radius 3 is 2.43 bits per heavy atom. The smallest absolute Gasteiger partial charge is 0.336 e. The van der Waals surface area contributed by atoms with Crippen molar-refractivity contribution < 1.29 is 14.3 Å². The van der Waals surface area contributed by atoms with Gasteiger partial charge in [0.2, 0.25) is 5.91 Å². The molecule has 0 radical (unpaired) electrons. The maximum absolute atomic E-state index is 13.1. The minimum Gasteiger partial charge on any atom is -0.456 e. The molecule has 1 N–H and O–H groups in total. The van der Waals surface area contributed by atoms with Gasteiger partial charge in [-0.2, -0.15) is 0 Å². The topological polar surface area (TPSA) is 58.6 Å². The van der Waals surface area contributed by atoms with Gasteiger partial charge in [-0.3, -0.25) is 4.79 Å². The van der Waals surface area contributed by atoms with Crippen LogP contribution in [-0.2, 0) is 14.3 Å². The Bertz CT molecular complexity index is 542. The number of hydrogen-bond acceptors (Lipinski definition) is 4. The fourth-order valence-electron chi connectivity index (χ4n) is 4.90. The highest BCUT2D eigenvalue weighted by Crippen LogP contribution is 2.50. The Labute approximate surface area is 124 Å². The number of hydrogen-bond donors (Lipinski definition) is 1. The van der Waals surface area contributed by atoms with E-state index in [-0.39, 0.29) is 29.9 Å². The number of carbonyl (C=O) groups is 2. The molecule has 0 aromatic heterocycles. The van der Waals surface area contributed by atoms with Crippen LogP contribution in [0.15, 0.2) is 11.3 Å². The zero-order valence-electron chi connectivity index (χ0n) is 12.6. The number of carbonyl (C=O) groups excluding carboxylic acids is 2. The Kier molecular flexibility index (Phi) is 2.74. The molecule has 4 heterocycles. The molecule has 3 fully saturated rings. The predicted octanol–water partition coefficient (Wildman–Crippen LogP) is 1.34. The molecule has 4 rings (SSSR count). The summed E-state index contributed by atoms with van der Waals surface area (Å²) < 4.78 is 5.10. The molecule has 0 aromatic carbocycles. The number of amides is 1. The SMILES string of the molecule is CC1=C(N2C(=O)C3(C[C@H]4CC[C@@H](C3)N4)C[C@@H]2C)COC1=O. The molecule has 21 heavy (non-hydrogen) atoms. The second kappa shape index (κ2) is 4.32. The van der Waals surface area contributed by atoms with Crippen LogP contribution in [0.4, 0.5) is 0 Å². The molecule has 3 saturated heterocycles. The maximum atomic E-state index is 13.1. The lowest BCUT2D eigenvalue weighted by molar-refractivity contribution is -0.138. The average molecular weight is 290 g/mol. The predicted molar refractivity (Wildman–Crippen MR) is 76.2 cm³/mol. The van der Waals surface area contributed by atoms with Crippen molar-refractivity contribution in [3.05, 3.63) is 11.3 Å². The van der Waals surface area contributed by atoms with Gasteiger partial charge < -0.3 is 15.0 Å². The number of ether oxygens (including phenoxy) is 1. The van der Waals surface area contributed by atoms with Crippen LogP contribution in [0.3, 0.4) is 0 Å². The molecular weight excluding hydrogens is 268 g/mol. The third kappa shape index (κ3) is 1.79. The van der Waals surface area contributed by atoms with E-state index in [1.54, 1.807) is 6.92 Å². The first-order valence-corrected chi connectivity index (χ1v) is 7.97. The average Bonchev–Trinajstić information content (AvgIpc) is 3.02. The number of nitrogens with zero attached hydrogens (tertiary/aromatic N) is 1. The first-order chi connectivity index (χ1) is 10.00. The van der Waals surface area contributed by atoms with E-state index in [1.807, 2.05) is 4.90 Å². The number of rotatable bonds is 1. The summed E-state index contributed by atoms with van der Waals surface area (Å²) in [5, 5.41) is 3.62. The van der Waals surface area contributed by atoms with Gasteiger partial charge in [0, 0.05) is 18.1 Å². The zero-order chi connectivity index (χ0) is 14.8. The normalized spacial score (nSPS) is 42.4. The van der Waals surface area contributed by atoms with Gasteiger partial charge in [0.25, 0.3) is 0 Å². The first-order valence-electron chi connectivity index (χ1n) is 7.97. The van der Waals surface area contributed by atoms with E-state index in [1.165, 1.54) is 12.8 Å². The van der Waals surface area contributed by atoms with E-state index in [4.69, 9.17) is 4.74 Å². The van der Waals surface area contributed by atoms with Gasteiger partial charge in [-0.15, -0.1) is 0 Å². The first kappa shape index (κ1) is 13.3. The third-order valence-electron chi connectivity index (χ3n) is 5.78. The van der Waals surface area contributed by atoms with Crippen molar-refractivity contribution in [3.63, 3.8) is 0 Å². The molecule has 4 aliphatic rings. The van der Waals surface area contributed by atoms with Crippen molar-refractivity contribution in [3.8, 4) is 0 Å². The molecule has 114 valence electrons. The minimum absolute atomic E-state index is 0.162. The van der Waals surface area contributed by atoms with Gasteiger partial charge in [-0.25, -0.2) is 4.79 Å². The van der Waals surface area contributed by atoms with Gasteiger partial charge in [0.15, 0.2) is 0 Å². The molecule has 0 saturated carbocycles. The van der Waals surface area contributed by atoms with E-state index in [2.05, 4.69) is 12.2 Å². The van der Waals surface area contributed by atoms with Crippen LogP contribution in [-0.4, -0.2) is 41.5 Å². The second-order valence-corrected chi connectivity index (χ2v) is 7.20. The summed E-state index contributed by atoms with van der Waals surface area (Å²) in [6.45, 7) is 4.11. The number of nitrogens with one attached hydrogen (secondary N) is 1. The highest BCUT2D eigenvalue weighted by Gasteiger charge is 2.56. The largest absolute Gasteiger partial charge is 0.456 e. The summed E-state index contributed by atoms with van der Waals surface area (Å²) in [5.41, 5.74) is 1.18. The molecule has 1 spiro atoms. The van der Waals surface area contributed by atoms with Crippen LogP contribution in [0.2, 0.25) is 0 Å². The lowest BCUT2D eigenvalue weighted by Gasteiger charge is -2.36. The fraction of sp³-hybridized carbons (Fsp3) is 0.750. The van der Waals surface area contributed by atoms with Crippen molar-refractivity contribution in [2.24, 2.45) is 5.41 Å². The Balaban J connectivity index is 1.67. The number of piperidine rings is 1. The molecule has 1 unspecified atom stereocenters. The standard InChI is InChI=1S/C16H22N2O3/c1-9-5-16(6-11-3-4-12(7-16)17-11)15(20)18(9)13-8-21-14(19)10(13)2/h9,11-12,17H,3-8H2,1-2H3/t9-,11-,12+,16?/m0/s1. The van der Waals surface area contributed by atoms with E-state index < -0.39 is 0 Å². The van der Waals surface area contributed by atoms with Crippen LogP contribution in [0, 0.1) is 5.41 Å². The number of fused-ring (bicyclic) bond motifs is 2. The number of likely N-dealkylation sites (tertiary alicyclic amines) is 1. The molecular formula is C16H22N2O3. The van der Waals surface area contributed by atoms with Crippen molar-refractivity contribution in [2.45, 2.75) is 64.1 Å². The highest BCUT2D eigenvalue weighted by atomic mass is 16.5. The second-order valence-electron chi connectivity index (χ2n) is 7.20. The summed E-state index contributed by atoms with van der Waals surface area (Å²) >= 11 is 0. The molecule has 5 heteroatoms. The minimum atomic E-state index is -0.281. The van der Waals surface area contributed by atoms with Gasteiger partial charge in [-0.05, 0) is 46.0 Å². The van der Waals surface area contributed by atoms with E-state index in [9.17, 15) is 9.59 Å². The Hall–Kier alpha value is -1.36. The summed E-state index contributed by atoms with van der Waals surface area (Å²) in [4.78, 5) is 26.6. The number of cyclic esters (lactones) is 1. The van der Waals surface area contributed by atoms with Crippen molar-refractivity contribution in [1.29, 1.82) is 0 Å². The van der Waals surface area contributed by atoms with Crippen molar-refractivity contribution >= 4 is 11.9 Å². The van der Waals surface area contributed by atoms with E-state index in [0.29, 0.717) is 17.7 Å². The monoisotopic (exact) mass is 290 g/mol. The quantitative estimate of drug-likeness (QED) is 0.740. The van der Waals surface area contributed by atoms with Gasteiger partial charge in [-0.1, -0.05) is 0 Å². The zero-order valence-corrected chi connectivity index (χ0v) is 12.6. The molecule has 0 aromatic rings. The van der Waals surface area contributed by atoms with Crippen LogP contribution < -0.4 is 5.32 Å². The maximum Gasteiger partial charge on any atom is 0.336 e. The van der Waals surface area contributed by atoms with Gasteiger partial charge in [0.05, 0.1) is 16.7 Å². The third-order valence-corrected chi connectivity index (χ3v) is 5.78. The molecule has 4 aliphatic heterocycles. The van der Waals surface area contributed by atoms with E-state index in [0.717, 1.165) is 25.0 Å². The van der Waals surface area contributed by atoms with Crippen LogP contribution in [0.25, 0.3) is 0 Å². The Morgan fingerprint density at radius 2 is 1.86 bits per heavy atom. The lowest BCUT2D eigenvalue weighted by Crippen LogP contribution is -2.48. The van der Waals surface area contributed by atoms with E-state index >= 15 is 0 Å². The summed E-state index contributed by atoms with van der Waals surface area (Å²) in [6, 6.07) is 1.15. The molecule has 4 atom stereocenters. The fourth-order valence-corrected chi connectivity index (χ4v) is 4.90. The number of esters is 1. The summed E-state index contributed by atoms with van der Waals surface area (Å²) in [6.07, 6.45) is 5.19. The molecule has 0 aliphatic carbocycles. The van der Waals surface area contributed by atoms with Crippen LogP contribution >= 0.6 is 0 Å². The Morgan fingerprint density at radius 1 is 1.19 bits per heavy atom. The summed E-state index contributed by atoms with van der Waals surface area (Å²) in [5.74, 6) is -0.0580.